The molecule has 4 aromatic carbocycles. The highest BCUT2D eigenvalue weighted by Crippen LogP contribution is 2.42. The number of hydrogen-bond acceptors (Lipinski definition) is 2. The van der Waals surface area contributed by atoms with Crippen LogP contribution < -0.4 is 0 Å². The number of benzene rings is 4. The molecule has 2 aliphatic heterocycles. The van der Waals surface area contributed by atoms with E-state index < -0.39 is 0 Å². The molecular formula is C35H36N2O. The summed E-state index contributed by atoms with van der Waals surface area (Å²) in [5.41, 5.74) is 6.60. The highest BCUT2D eigenvalue weighted by Gasteiger charge is 2.43. The average Bonchev–Trinajstić information content (AvgIpc) is 2.98. The molecular weight excluding hydrogens is 464 g/mol. The Hall–Kier alpha value is -3.69. The first-order valence-electron chi connectivity index (χ1n) is 14.0. The van der Waals surface area contributed by atoms with Gasteiger partial charge < -0.3 is 4.90 Å². The van der Waals surface area contributed by atoms with Gasteiger partial charge in [0.2, 0.25) is 5.91 Å². The highest BCUT2D eigenvalue weighted by molar-refractivity contribution is 5.87. The lowest BCUT2D eigenvalue weighted by molar-refractivity contribution is -0.133. The van der Waals surface area contributed by atoms with E-state index in [1.54, 1.807) is 0 Å². The molecule has 1 amide bonds. The predicted octanol–water partition coefficient (Wildman–Crippen LogP) is 6.44. The van der Waals surface area contributed by atoms with E-state index in [0.717, 1.165) is 63.1 Å². The van der Waals surface area contributed by atoms with E-state index in [4.69, 9.17) is 0 Å². The molecule has 0 unspecified atom stereocenters. The summed E-state index contributed by atoms with van der Waals surface area (Å²) in [6.07, 6.45) is 3.08. The quantitative estimate of drug-likeness (QED) is 0.304. The number of nitrogens with zero attached hydrogens (tertiary/aromatic N) is 2. The maximum absolute atomic E-state index is 14.1. The van der Waals surface area contributed by atoms with E-state index in [-0.39, 0.29) is 17.2 Å². The van der Waals surface area contributed by atoms with Crippen LogP contribution in [0.5, 0.6) is 0 Å². The fraction of sp³-hybridized carbons (Fsp3) is 0.286. The van der Waals surface area contributed by atoms with Gasteiger partial charge in [-0.2, -0.15) is 0 Å². The van der Waals surface area contributed by atoms with Crippen molar-refractivity contribution in [3.8, 4) is 0 Å². The molecule has 0 aromatic heterocycles. The number of carbonyl (C=O) groups excluding carboxylic acids is 1. The van der Waals surface area contributed by atoms with Gasteiger partial charge in [0, 0.05) is 38.1 Å². The van der Waals surface area contributed by atoms with E-state index in [0.29, 0.717) is 0 Å². The van der Waals surface area contributed by atoms with Crippen LogP contribution in [0.3, 0.4) is 0 Å². The molecule has 0 radical (unpaired) electrons. The monoisotopic (exact) mass is 500 g/mol. The lowest BCUT2D eigenvalue weighted by Gasteiger charge is -2.49. The molecule has 3 nitrogen and oxygen atoms in total. The average molecular weight is 501 g/mol. The number of piperidine rings is 1. The molecule has 192 valence electrons. The first kappa shape index (κ1) is 24.6. The second-order valence-corrected chi connectivity index (χ2v) is 11.0. The van der Waals surface area contributed by atoms with Crippen molar-refractivity contribution in [3.05, 3.63) is 143 Å². The van der Waals surface area contributed by atoms with Crippen molar-refractivity contribution >= 4 is 5.91 Å². The molecule has 0 aliphatic carbocycles. The summed E-state index contributed by atoms with van der Waals surface area (Å²) in [4.78, 5) is 18.8. The minimum Gasteiger partial charge on any atom is -0.342 e. The summed E-state index contributed by atoms with van der Waals surface area (Å²) in [6.45, 7) is 4.75. The van der Waals surface area contributed by atoms with Gasteiger partial charge >= 0.3 is 0 Å². The maximum atomic E-state index is 14.1. The van der Waals surface area contributed by atoms with Crippen LogP contribution >= 0.6 is 0 Å². The minimum atomic E-state index is -0.257. The van der Waals surface area contributed by atoms with Crippen LogP contribution in [0.25, 0.3) is 0 Å². The molecule has 4 aromatic rings. The highest BCUT2D eigenvalue weighted by atomic mass is 16.2. The van der Waals surface area contributed by atoms with E-state index in [1.165, 1.54) is 16.7 Å². The van der Waals surface area contributed by atoms with Crippen molar-refractivity contribution < 1.29 is 4.79 Å². The van der Waals surface area contributed by atoms with Crippen molar-refractivity contribution in [2.75, 3.05) is 26.2 Å². The molecule has 38 heavy (non-hydrogen) atoms. The Bertz CT molecular complexity index is 1310. The fourth-order valence-electron chi connectivity index (χ4n) is 6.61. The minimum absolute atomic E-state index is 0.108. The lowest BCUT2D eigenvalue weighted by atomic mass is 9.68. The SMILES string of the molecule is O=C(C(c1ccccc1)c1ccccc1)N1CCC2(CC1)CN(CCc1ccccc1)Cc1ccccc12. The largest absolute Gasteiger partial charge is 0.342 e. The van der Waals surface area contributed by atoms with Gasteiger partial charge in [0.15, 0.2) is 0 Å². The Morgan fingerprint density at radius 2 is 1.26 bits per heavy atom. The van der Waals surface area contributed by atoms with Crippen molar-refractivity contribution in [1.29, 1.82) is 0 Å². The molecule has 1 saturated heterocycles. The molecule has 1 fully saturated rings. The predicted molar refractivity (Wildman–Crippen MR) is 154 cm³/mol. The van der Waals surface area contributed by atoms with Gasteiger partial charge in [-0.15, -0.1) is 0 Å². The van der Waals surface area contributed by atoms with Crippen LogP contribution in [0.15, 0.2) is 115 Å². The van der Waals surface area contributed by atoms with Crippen LogP contribution in [0, 0.1) is 0 Å². The van der Waals surface area contributed by atoms with Gasteiger partial charge in [0.05, 0.1) is 5.92 Å². The normalized spacial score (nSPS) is 16.9. The second-order valence-electron chi connectivity index (χ2n) is 11.0. The van der Waals surface area contributed by atoms with Gasteiger partial charge in [-0.05, 0) is 47.1 Å². The van der Waals surface area contributed by atoms with Crippen LogP contribution in [-0.4, -0.2) is 41.9 Å². The number of likely N-dealkylation sites (tertiary alicyclic amines) is 1. The summed E-state index contributed by atoms with van der Waals surface area (Å²) in [6, 6.07) is 40.4. The number of rotatable bonds is 6. The van der Waals surface area contributed by atoms with Crippen molar-refractivity contribution in [1.82, 2.24) is 9.80 Å². The number of amides is 1. The summed E-state index contributed by atoms with van der Waals surface area (Å²) >= 11 is 0. The zero-order chi connectivity index (χ0) is 25.8. The zero-order valence-corrected chi connectivity index (χ0v) is 22.0. The molecule has 6 rings (SSSR count). The Labute approximate surface area is 226 Å². The van der Waals surface area contributed by atoms with E-state index >= 15 is 0 Å². The van der Waals surface area contributed by atoms with E-state index in [1.807, 2.05) is 36.4 Å². The summed E-state index contributed by atoms with van der Waals surface area (Å²) < 4.78 is 0. The Morgan fingerprint density at radius 3 is 1.89 bits per heavy atom. The molecule has 2 aliphatic rings. The lowest BCUT2D eigenvalue weighted by Crippen LogP contribution is -2.53. The molecule has 0 bridgehead atoms. The fourth-order valence-corrected chi connectivity index (χ4v) is 6.61. The molecule has 0 N–H and O–H groups in total. The van der Waals surface area contributed by atoms with Crippen LogP contribution in [0.2, 0.25) is 0 Å². The molecule has 0 saturated carbocycles. The maximum Gasteiger partial charge on any atom is 0.234 e. The molecule has 2 heterocycles. The zero-order valence-electron chi connectivity index (χ0n) is 22.0. The van der Waals surface area contributed by atoms with Gasteiger partial charge in [0.25, 0.3) is 0 Å². The van der Waals surface area contributed by atoms with Crippen LogP contribution in [-0.2, 0) is 23.2 Å². The van der Waals surface area contributed by atoms with Crippen molar-refractivity contribution in [2.45, 2.75) is 37.1 Å². The van der Waals surface area contributed by atoms with Gasteiger partial charge in [-0.3, -0.25) is 9.69 Å². The van der Waals surface area contributed by atoms with Gasteiger partial charge in [-0.1, -0.05) is 115 Å². The molecule has 3 heteroatoms. The van der Waals surface area contributed by atoms with Crippen LogP contribution in [0.1, 0.15) is 46.6 Å². The third-order valence-electron chi connectivity index (χ3n) is 8.61. The molecule has 1 spiro atoms. The van der Waals surface area contributed by atoms with E-state index in [2.05, 4.69) is 88.7 Å². The van der Waals surface area contributed by atoms with Gasteiger partial charge in [0.1, 0.15) is 0 Å². The summed E-state index contributed by atoms with van der Waals surface area (Å²) in [5.74, 6) is -0.0326. The number of fused-ring (bicyclic) bond motifs is 2. The Morgan fingerprint density at radius 1 is 0.711 bits per heavy atom. The summed E-state index contributed by atoms with van der Waals surface area (Å²) in [7, 11) is 0. The number of hydrogen-bond donors (Lipinski definition) is 0. The first-order chi connectivity index (χ1) is 18.7. The summed E-state index contributed by atoms with van der Waals surface area (Å²) in [5, 5.41) is 0. The Balaban J connectivity index is 1.21. The van der Waals surface area contributed by atoms with Gasteiger partial charge in [-0.25, -0.2) is 0 Å². The standard InChI is InChI=1S/C35H36N2O/c38-34(33(29-14-6-2-7-15-29)30-16-8-3-9-17-30)37-24-21-35(22-25-37)27-36(23-20-28-12-4-1-5-13-28)26-31-18-10-11-19-32(31)35/h1-19,33H,20-27H2. The van der Waals surface area contributed by atoms with Crippen molar-refractivity contribution in [2.24, 2.45) is 0 Å². The second kappa shape index (κ2) is 11.0. The van der Waals surface area contributed by atoms with E-state index in [9.17, 15) is 4.79 Å². The molecule has 0 atom stereocenters. The van der Waals surface area contributed by atoms with Crippen LogP contribution in [0.4, 0.5) is 0 Å². The first-order valence-corrected chi connectivity index (χ1v) is 14.0. The third kappa shape index (κ3) is 5.04. The van der Waals surface area contributed by atoms with Crippen molar-refractivity contribution in [3.63, 3.8) is 0 Å². The smallest absolute Gasteiger partial charge is 0.234 e. The Kier molecular flexibility index (Phi) is 7.11. The number of carbonyl (C=O) groups is 1. The third-order valence-corrected chi connectivity index (χ3v) is 8.61. The topological polar surface area (TPSA) is 23.6 Å².